The number of rotatable bonds is 6. The van der Waals surface area contributed by atoms with Crippen LogP contribution in [0.2, 0.25) is 0 Å². The van der Waals surface area contributed by atoms with Crippen LogP contribution < -0.4 is 10.2 Å². The number of benzene rings is 2. The molecule has 1 heterocycles. The first-order valence-electron chi connectivity index (χ1n) is 8.18. The molecule has 140 valence electrons. The van der Waals surface area contributed by atoms with E-state index < -0.39 is 11.6 Å². The first-order chi connectivity index (χ1) is 12.9. The van der Waals surface area contributed by atoms with E-state index in [1.54, 1.807) is 30.6 Å². The van der Waals surface area contributed by atoms with Gasteiger partial charge in [-0.3, -0.25) is 10.1 Å². The number of amides is 1. The Bertz CT molecular complexity index is 961. The SMILES string of the molecule is C[NH+](CC(=O)Nc1nc(-c2ccc(F)c(F)c2)cs1)Cc1ccccc1F. The Morgan fingerprint density at radius 2 is 1.89 bits per heavy atom. The zero-order valence-electron chi connectivity index (χ0n) is 14.4. The fourth-order valence-electron chi connectivity index (χ4n) is 2.59. The van der Waals surface area contributed by atoms with Crippen molar-refractivity contribution >= 4 is 22.4 Å². The summed E-state index contributed by atoms with van der Waals surface area (Å²) < 4.78 is 40.0. The van der Waals surface area contributed by atoms with Gasteiger partial charge in [0.2, 0.25) is 0 Å². The maximum Gasteiger partial charge on any atom is 0.281 e. The van der Waals surface area contributed by atoms with Crippen molar-refractivity contribution in [3.63, 3.8) is 0 Å². The lowest BCUT2D eigenvalue weighted by Crippen LogP contribution is -3.08. The molecule has 0 spiro atoms. The zero-order chi connectivity index (χ0) is 19.4. The van der Waals surface area contributed by atoms with E-state index in [1.165, 1.54) is 23.5 Å². The summed E-state index contributed by atoms with van der Waals surface area (Å²) >= 11 is 1.19. The number of quaternary nitrogens is 1. The van der Waals surface area contributed by atoms with Gasteiger partial charge >= 0.3 is 0 Å². The average Bonchev–Trinajstić information content (AvgIpc) is 3.07. The number of carbonyl (C=O) groups is 1. The molecule has 0 aliphatic heterocycles. The van der Waals surface area contributed by atoms with E-state index in [0.29, 0.717) is 28.5 Å². The van der Waals surface area contributed by atoms with E-state index in [2.05, 4.69) is 10.3 Å². The number of nitrogens with one attached hydrogen (secondary N) is 2. The lowest BCUT2D eigenvalue weighted by atomic mass is 10.2. The average molecular weight is 392 g/mol. The van der Waals surface area contributed by atoms with Crippen LogP contribution in [0.25, 0.3) is 11.3 Å². The number of anilines is 1. The molecule has 0 aliphatic carbocycles. The van der Waals surface area contributed by atoms with E-state index in [4.69, 9.17) is 0 Å². The molecular formula is C19H17F3N3OS+. The van der Waals surface area contributed by atoms with Gasteiger partial charge in [-0.25, -0.2) is 18.2 Å². The highest BCUT2D eigenvalue weighted by atomic mass is 32.1. The van der Waals surface area contributed by atoms with Crippen molar-refractivity contribution in [3.05, 3.63) is 70.9 Å². The van der Waals surface area contributed by atoms with Crippen LogP contribution in [0.15, 0.2) is 47.8 Å². The number of nitrogens with zero attached hydrogens (tertiary/aromatic N) is 1. The summed E-state index contributed by atoms with van der Waals surface area (Å²) in [6.45, 7) is 0.506. The number of thiazole rings is 1. The number of hydrogen-bond acceptors (Lipinski definition) is 3. The molecule has 3 aromatic rings. The van der Waals surface area contributed by atoms with Gasteiger partial charge < -0.3 is 4.90 Å². The smallest absolute Gasteiger partial charge is 0.281 e. The molecule has 0 bridgehead atoms. The zero-order valence-corrected chi connectivity index (χ0v) is 15.2. The van der Waals surface area contributed by atoms with Crippen molar-refractivity contribution < 1.29 is 22.9 Å². The molecular weight excluding hydrogens is 375 g/mol. The molecule has 8 heteroatoms. The van der Waals surface area contributed by atoms with Gasteiger partial charge in [-0.1, -0.05) is 18.2 Å². The summed E-state index contributed by atoms with van der Waals surface area (Å²) in [6, 6.07) is 9.95. The van der Waals surface area contributed by atoms with E-state index in [1.807, 2.05) is 0 Å². The van der Waals surface area contributed by atoms with Crippen molar-refractivity contribution in [2.45, 2.75) is 6.54 Å². The Morgan fingerprint density at radius 3 is 2.63 bits per heavy atom. The van der Waals surface area contributed by atoms with Crippen LogP contribution in [-0.4, -0.2) is 24.5 Å². The summed E-state index contributed by atoms with van der Waals surface area (Å²) in [6.07, 6.45) is 0. The molecule has 0 fully saturated rings. The van der Waals surface area contributed by atoms with Gasteiger partial charge in [-0.2, -0.15) is 0 Å². The van der Waals surface area contributed by atoms with Gasteiger partial charge in [-0.05, 0) is 24.3 Å². The molecule has 2 N–H and O–H groups in total. The Kier molecular flexibility index (Phi) is 5.88. The van der Waals surface area contributed by atoms with Crippen LogP contribution in [0, 0.1) is 17.5 Å². The molecule has 0 saturated heterocycles. The van der Waals surface area contributed by atoms with Gasteiger partial charge in [-0.15, -0.1) is 11.3 Å². The number of carbonyl (C=O) groups excluding carboxylic acids is 1. The molecule has 0 saturated carbocycles. The number of likely N-dealkylation sites (N-methyl/N-ethyl adjacent to an activating group) is 1. The summed E-state index contributed by atoms with van der Waals surface area (Å²) in [7, 11) is 1.79. The van der Waals surface area contributed by atoms with Crippen LogP contribution in [-0.2, 0) is 11.3 Å². The topological polar surface area (TPSA) is 46.4 Å². The van der Waals surface area contributed by atoms with Gasteiger partial charge in [0, 0.05) is 16.5 Å². The van der Waals surface area contributed by atoms with Crippen LogP contribution in [0.4, 0.5) is 18.3 Å². The first kappa shape index (κ1) is 19.1. The molecule has 1 atom stereocenters. The van der Waals surface area contributed by atoms with Gasteiger partial charge in [0.1, 0.15) is 12.4 Å². The molecule has 0 radical (unpaired) electrons. The van der Waals surface area contributed by atoms with Gasteiger partial charge in [0.05, 0.1) is 12.7 Å². The maximum atomic E-state index is 13.7. The van der Waals surface area contributed by atoms with E-state index in [0.717, 1.165) is 17.0 Å². The highest BCUT2D eigenvalue weighted by Crippen LogP contribution is 2.25. The minimum absolute atomic E-state index is 0.133. The number of aromatic nitrogens is 1. The largest absolute Gasteiger partial charge is 0.326 e. The Hall–Kier alpha value is -2.71. The van der Waals surface area contributed by atoms with Crippen molar-refractivity contribution in [1.29, 1.82) is 0 Å². The predicted octanol–water partition coefficient (Wildman–Crippen LogP) is 2.88. The molecule has 2 aromatic carbocycles. The second kappa shape index (κ2) is 8.32. The van der Waals surface area contributed by atoms with E-state index in [-0.39, 0.29) is 18.3 Å². The fourth-order valence-corrected chi connectivity index (χ4v) is 3.32. The minimum atomic E-state index is -0.954. The monoisotopic (exact) mass is 392 g/mol. The normalized spacial score (nSPS) is 12.0. The summed E-state index contributed by atoms with van der Waals surface area (Å²) in [5.74, 6) is -2.45. The third kappa shape index (κ3) is 4.93. The van der Waals surface area contributed by atoms with Crippen LogP contribution >= 0.6 is 11.3 Å². The summed E-state index contributed by atoms with van der Waals surface area (Å²) in [5.41, 5.74) is 1.41. The minimum Gasteiger partial charge on any atom is -0.326 e. The lowest BCUT2D eigenvalue weighted by Gasteiger charge is -2.13. The molecule has 3 rings (SSSR count). The third-order valence-electron chi connectivity index (χ3n) is 3.88. The summed E-state index contributed by atoms with van der Waals surface area (Å²) in [4.78, 5) is 17.2. The highest BCUT2D eigenvalue weighted by molar-refractivity contribution is 7.14. The Morgan fingerprint density at radius 1 is 1.11 bits per heavy atom. The predicted molar refractivity (Wildman–Crippen MR) is 98.0 cm³/mol. The number of hydrogen-bond donors (Lipinski definition) is 2. The van der Waals surface area contributed by atoms with Crippen molar-refractivity contribution in [2.75, 3.05) is 18.9 Å². The van der Waals surface area contributed by atoms with Crippen LogP contribution in [0.1, 0.15) is 5.56 Å². The molecule has 1 unspecified atom stereocenters. The first-order valence-corrected chi connectivity index (χ1v) is 9.06. The molecule has 27 heavy (non-hydrogen) atoms. The second-order valence-electron chi connectivity index (χ2n) is 6.12. The van der Waals surface area contributed by atoms with Crippen molar-refractivity contribution in [2.24, 2.45) is 0 Å². The fraction of sp³-hybridized carbons (Fsp3) is 0.158. The highest BCUT2D eigenvalue weighted by Gasteiger charge is 2.15. The maximum absolute atomic E-state index is 13.7. The number of halogens is 3. The van der Waals surface area contributed by atoms with Crippen LogP contribution in [0.3, 0.4) is 0 Å². The quantitative estimate of drug-likeness (QED) is 0.678. The lowest BCUT2D eigenvalue weighted by molar-refractivity contribution is -0.885. The van der Waals surface area contributed by atoms with E-state index >= 15 is 0 Å². The Balaban J connectivity index is 1.59. The molecule has 0 aliphatic rings. The molecule has 4 nitrogen and oxygen atoms in total. The standard InChI is InChI=1S/C19H16F3N3OS/c1-25(9-13-4-2-3-5-14(13)20)10-18(26)24-19-23-17(11-27-19)12-6-7-15(21)16(22)8-12/h2-8,11H,9-10H2,1H3,(H,23,24,26)/p+1. The second-order valence-corrected chi connectivity index (χ2v) is 6.98. The molecule has 1 amide bonds. The van der Waals surface area contributed by atoms with Crippen molar-refractivity contribution in [3.8, 4) is 11.3 Å². The van der Waals surface area contributed by atoms with Crippen LogP contribution in [0.5, 0.6) is 0 Å². The molecule has 1 aromatic heterocycles. The third-order valence-corrected chi connectivity index (χ3v) is 4.64. The van der Waals surface area contributed by atoms with Gasteiger partial charge in [0.25, 0.3) is 5.91 Å². The summed E-state index contributed by atoms with van der Waals surface area (Å²) in [5, 5.41) is 4.69. The van der Waals surface area contributed by atoms with E-state index in [9.17, 15) is 18.0 Å². The van der Waals surface area contributed by atoms with Gasteiger partial charge in [0.15, 0.2) is 23.3 Å². The Labute approximate surface area is 158 Å². The van der Waals surface area contributed by atoms with Crippen molar-refractivity contribution in [1.82, 2.24) is 4.98 Å².